The van der Waals surface area contributed by atoms with Crippen molar-refractivity contribution in [1.29, 1.82) is 0 Å². The van der Waals surface area contributed by atoms with Crippen LogP contribution in [-0.2, 0) is 69.9 Å². The summed E-state index contributed by atoms with van der Waals surface area (Å²) in [5, 5.41) is 13.2. The predicted octanol–water partition coefficient (Wildman–Crippen LogP) is -6.49. The zero-order valence-electron chi connectivity index (χ0n) is 37.3. The number of hydrogen-bond acceptors (Lipinski definition) is 20. The quantitative estimate of drug-likeness (QED) is 0.0160. The summed E-state index contributed by atoms with van der Waals surface area (Å²) in [5.74, 6) is -1.68. The predicted molar refractivity (Wildman–Crippen MR) is 226 cm³/mol. The fourth-order valence-electron chi connectivity index (χ4n) is 7.23. The second kappa shape index (κ2) is 27.9. The van der Waals surface area contributed by atoms with Crippen molar-refractivity contribution in [3.8, 4) is 0 Å². The summed E-state index contributed by atoms with van der Waals surface area (Å²) < 4.78 is 142. The molecule has 20 nitrogen and oxygen atoms in total. The number of nitrogens with zero attached hydrogens (tertiary/aromatic N) is 2. The van der Waals surface area contributed by atoms with E-state index in [2.05, 4.69) is 19.6 Å². The summed E-state index contributed by atoms with van der Waals surface area (Å²) in [6, 6.07) is 10.1. The number of unbranched alkanes of at least 4 members (excludes halogenated alkanes) is 2. The Morgan fingerprint density at radius 3 is 2.06 bits per heavy atom. The molecule has 1 atom stereocenters. The van der Waals surface area contributed by atoms with Gasteiger partial charge in [-0.25, -0.2) is 38.4 Å². The summed E-state index contributed by atoms with van der Waals surface area (Å²) in [6.07, 6.45) is 7.01. The van der Waals surface area contributed by atoms with Crippen molar-refractivity contribution in [2.75, 3.05) is 54.1 Å². The van der Waals surface area contributed by atoms with E-state index in [9.17, 15) is 52.6 Å². The number of hydrogen-bond donors (Lipinski definition) is 2. The number of sulfonamides is 1. The molecule has 1 unspecified atom stereocenters. The SMILES string of the molecule is CCC1(C)/C(=C\C=CC2=[N+](CCCCS(=O)(=O)[O-])c3ccc(SOONCCSOO[O-])cc3C2(C)C)N(CCCCS(=O)(=O)[O-])c2ccc(S(=O)(=O)NCCS(=O)(=O)[O-])cc21.[Na+].[Na+].[Na+]. The maximum Gasteiger partial charge on any atom is 1.00 e. The first-order valence-corrected chi connectivity index (χ1v) is 27.0. The fourth-order valence-corrected chi connectivity index (χ4v) is 10.6. The largest absolute Gasteiger partial charge is 1.00 e. The minimum absolute atomic E-state index is 0. The van der Waals surface area contributed by atoms with Gasteiger partial charge < -0.3 is 23.8 Å². The van der Waals surface area contributed by atoms with Crippen LogP contribution in [0.25, 0.3) is 0 Å². The van der Waals surface area contributed by atoms with Gasteiger partial charge in [0.25, 0.3) is 0 Å². The average Bonchev–Trinajstić information content (AvgIpc) is 3.53. The molecule has 0 fully saturated rings. The van der Waals surface area contributed by atoms with Gasteiger partial charge in [0.2, 0.25) is 15.7 Å². The Balaban J connectivity index is 0.00000704. The van der Waals surface area contributed by atoms with Gasteiger partial charge in [-0.2, -0.15) is 14.4 Å². The van der Waals surface area contributed by atoms with E-state index in [1.165, 1.54) is 12.1 Å². The van der Waals surface area contributed by atoms with Crippen molar-refractivity contribution in [3.63, 3.8) is 0 Å². The molecule has 2 aliphatic rings. The number of anilines is 1. The van der Waals surface area contributed by atoms with Gasteiger partial charge in [0.15, 0.2) is 5.71 Å². The van der Waals surface area contributed by atoms with Crippen LogP contribution in [0.2, 0.25) is 0 Å². The topological polar surface area (TPSA) is 296 Å². The van der Waals surface area contributed by atoms with Gasteiger partial charge >= 0.3 is 88.7 Å². The van der Waals surface area contributed by atoms with Gasteiger partial charge in [0, 0.05) is 94.8 Å². The first-order valence-electron chi connectivity index (χ1n) is 19.2. The Morgan fingerprint density at radius 1 is 0.800 bits per heavy atom. The molecular weight excluding hydrogens is 1010 g/mol. The Kier molecular flexibility index (Phi) is 27.3. The molecule has 2 N–H and O–H groups in total. The summed E-state index contributed by atoms with van der Waals surface area (Å²) in [6.45, 7) is 8.17. The van der Waals surface area contributed by atoms with Crippen molar-refractivity contribution in [1.82, 2.24) is 10.2 Å². The first kappa shape index (κ1) is 63.5. The standard InChI is InChI=1S/C36H52N4O16S6.3Na/c1-5-36(4)30-26-28(62(51,52)38-18-24-61(48,49)50)14-16-32(30)40(20-7-9-23-60(45,46)47)34(36)12-10-11-33-35(2,3)29-25-27(58-55-53-37-17-21-57-56-54-41)13-15-31(29)39(33)19-6-8-22-59(42,43)44;;;/h10-16,25-26,37-38H,5-9,17-24H2,1-4H3,(H3-,41,42,43,44,45,46,47,48,49,50);;;/q;3*+1/p-3. The third-order valence-corrected chi connectivity index (χ3v) is 15.2. The molecule has 348 valence electrons. The maximum absolute atomic E-state index is 13.3. The second-order valence-corrected chi connectivity index (χ2v) is 22.8. The van der Waals surface area contributed by atoms with Gasteiger partial charge in [-0.15, -0.1) is 9.32 Å². The number of rotatable bonds is 27. The van der Waals surface area contributed by atoms with Crippen molar-refractivity contribution in [2.45, 2.75) is 80.4 Å². The number of allylic oxidation sites excluding steroid dienone is 4. The molecule has 65 heavy (non-hydrogen) atoms. The van der Waals surface area contributed by atoms with Crippen LogP contribution >= 0.6 is 24.1 Å². The van der Waals surface area contributed by atoms with Crippen LogP contribution in [0.3, 0.4) is 0 Å². The third kappa shape index (κ3) is 18.9. The summed E-state index contributed by atoms with van der Waals surface area (Å²) in [5.41, 5.74) is 5.70. The molecule has 0 aromatic heterocycles. The smallest absolute Gasteiger partial charge is 0.748 e. The molecule has 0 saturated carbocycles. The van der Waals surface area contributed by atoms with Crippen LogP contribution in [0.4, 0.5) is 11.4 Å². The van der Waals surface area contributed by atoms with E-state index in [1.54, 1.807) is 6.07 Å². The van der Waals surface area contributed by atoms with Crippen LogP contribution in [0.15, 0.2) is 70.1 Å². The van der Waals surface area contributed by atoms with E-state index in [-0.39, 0.29) is 119 Å². The van der Waals surface area contributed by atoms with Crippen LogP contribution < -0.4 is 109 Å². The van der Waals surface area contributed by atoms with Gasteiger partial charge in [-0.05, 0) is 88.4 Å². The van der Waals surface area contributed by atoms with Crippen LogP contribution in [0.1, 0.15) is 70.9 Å². The monoisotopic (exact) mass is 1050 g/mol. The Labute approximate surface area is 456 Å². The molecule has 0 spiro atoms. The van der Waals surface area contributed by atoms with Gasteiger partial charge in [0.1, 0.15) is 6.54 Å². The molecule has 4 rings (SSSR count). The molecule has 2 aromatic carbocycles. The maximum atomic E-state index is 13.3. The number of benzene rings is 2. The van der Waals surface area contributed by atoms with Crippen molar-refractivity contribution in [2.24, 2.45) is 0 Å². The van der Waals surface area contributed by atoms with Crippen LogP contribution in [0, 0.1) is 0 Å². The van der Waals surface area contributed by atoms with Crippen molar-refractivity contribution >= 4 is 81.5 Å². The number of nitrogens with one attached hydrogen (secondary N) is 2. The van der Waals surface area contributed by atoms with Crippen LogP contribution in [0.5, 0.6) is 0 Å². The minimum Gasteiger partial charge on any atom is -0.748 e. The number of fused-ring (bicyclic) bond motifs is 2. The van der Waals surface area contributed by atoms with E-state index in [0.717, 1.165) is 46.7 Å². The van der Waals surface area contributed by atoms with Gasteiger partial charge in [-0.1, -0.05) is 13.0 Å². The molecule has 0 radical (unpaired) electrons. The average molecular weight is 1060 g/mol. The normalized spacial score (nSPS) is 17.8. The summed E-state index contributed by atoms with van der Waals surface area (Å²) >= 11 is 1.71. The van der Waals surface area contributed by atoms with Crippen LogP contribution in [-0.4, -0.2) is 107 Å². The van der Waals surface area contributed by atoms with Gasteiger partial charge in [-0.3, -0.25) is 5.04 Å². The molecule has 0 amide bonds. The molecule has 0 aliphatic carbocycles. The van der Waals surface area contributed by atoms with E-state index >= 15 is 0 Å². The molecule has 2 aromatic rings. The zero-order chi connectivity index (χ0) is 46.0. The Bertz CT molecular complexity index is 2460. The van der Waals surface area contributed by atoms with Crippen molar-refractivity contribution in [3.05, 3.63) is 71.5 Å². The summed E-state index contributed by atoms with van der Waals surface area (Å²) in [4.78, 5) is 7.47. The molecule has 0 saturated heterocycles. The first-order chi connectivity index (χ1) is 28.9. The van der Waals surface area contributed by atoms with Gasteiger partial charge in [0.05, 0.1) is 58.5 Å². The molecule has 0 bridgehead atoms. The molecule has 2 aliphatic heterocycles. The second-order valence-electron chi connectivity index (χ2n) is 15.0. The van der Waals surface area contributed by atoms with E-state index in [0.29, 0.717) is 47.7 Å². The van der Waals surface area contributed by atoms with E-state index in [4.69, 9.17) is 9.32 Å². The van der Waals surface area contributed by atoms with Crippen molar-refractivity contribution < 1.29 is 165 Å². The molecule has 2 heterocycles. The fraction of sp³-hybridized carbons (Fsp3) is 0.528. The van der Waals surface area contributed by atoms with E-state index < -0.39 is 75.0 Å². The zero-order valence-corrected chi connectivity index (χ0v) is 48.2. The Morgan fingerprint density at radius 2 is 1.45 bits per heavy atom. The number of hydroxylamine groups is 1. The summed E-state index contributed by atoms with van der Waals surface area (Å²) in [7, 11) is -17.8. The van der Waals surface area contributed by atoms with E-state index in [1.807, 2.05) is 73.6 Å². The Hall–Kier alpha value is 0.490. The molecular formula is C36H49N4Na3O16S6. The minimum atomic E-state index is -4.68. The third-order valence-electron chi connectivity index (χ3n) is 10.4. The molecule has 29 heteroatoms.